The molecule has 0 spiro atoms. The summed E-state index contributed by atoms with van der Waals surface area (Å²) in [5.74, 6) is 2.07. The molecule has 0 atom stereocenters. The van der Waals surface area contributed by atoms with E-state index in [0.29, 0.717) is 0 Å². The van der Waals surface area contributed by atoms with Gasteiger partial charge < -0.3 is 9.80 Å². The Morgan fingerprint density at radius 2 is 1.65 bits per heavy atom. The van der Waals surface area contributed by atoms with E-state index in [0.717, 1.165) is 59.9 Å². The highest BCUT2D eigenvalue weighted by Gasteiger charge is 2.23. The number of fused-ring (bicyclic) bond motifs is 1. The van der Waals surface area contributed by atoms with Crippen molar-refractivity contribution in [3.8, 4) is 0 Å². The Bertz CT molecular complexity index is 944. The first-order chi connectivity index (χ1) is 12.6. The van der Waals surface area contributed by atoms with Gasteiger partial charge in [-0.2, -0.15) is 5.10 Å². The fraction of sp³-hybridized carbons (Fsp3) is 0.444. The van der Waals surface area contributed by atoms with Crippen molar-refractivity contribution in [3.05, 3.63) is 35.4 Å². The average Bonchev–Trinajstić information content (AvgIpc) is 3.04. The predicted octanol–water partition coefficient (Wildman–Crippen LogP) is 2.49. The predicted molar refractivity (Wildman–Crippen MR) is 105 cm³/mol. The Balaban J connectivity index is 1.57. The summed E-state index contributed by atoms with van der Waals surface area (Å²) in [7, 11) is 0. The van der Waals surface area contributed by atoms with Crippen LogP contribution < -0.4 is 9.80 Å². The Labute approximate surface area is 157 Å². The first-order valence-electron chi connectivity index (χ1n) is 8.77. The first-order valence-corrected chi connectivity index (χ1v) is 9.99. The number of rotatable bonds is 3. The van der Waals surface area contributed by atoms with E-state index in [9.17, 15) is 0 Å². The molecule has 0 bridgehead atoms. The fourth-order valence-corrected chi connectivity index (χ4v) is 3.80. The van der Waals surface area contributed by atoms with Crippen molar-refractivity contribution in [1.29, 1.82) is 0 Å². The minimum absolute atomic E-state index is 0.840. The monoisotopic (exact) mass is 369 g/mol. The van der Waals surface area contributed by atoms with Gasteiger partial charge in [-0.15, -0.1) is 0 Å². The van der Waals surface area contributed by atoms with Crippen LogP contribution in [0.2, 0.25) is 0 Å². The minimum Gasteiger partial charge on any atom is -0.353 e. The molecule has 0 radical (unpaired) electrons. The lowest BCUT2D eigenvalue weighted by Crippen LogP contribution is -2.47. The van der Waals surface area contributed by atoms with Gasteiger partial charge in [-0.1, -0.05) is 11.8 Å². The third-order valence-electron chi connectivity index (χ3n) is 4.90. The van der Waals surface area contributed by atoms with E-state index >= 15 is 0 Å². The van der Waals surface area contributed by atoms with Crippen LogP contribution in [0.1, 0.15) is 17.0 Å². The highest BCUT2D eigenvalue weighted by molar-refractivity contribution is 7.98. The van der Waals surface area contributed by atoms with E-state index in [-0.39, 0.29) is 0 Å². The molecule has 8 heteroatoms. The van der Waals surface area contributed by atoms with E-state index in [1.165, 1.54) is 5.56 Å². The maximum absolute atomic E-state index is 4.76. The van der Waals surface area contributed by atoms with Crippen LogP contribution in [0.5, 0.6) is 0 Å². The first kappa shape index (κ1) is 17.1. The second-order valence-corrected chi connectivity index (χ2v) is 7.36. The standard InChI is InChI=1S/C18H23N7S/c1-12-11-15-17(19-5-6-25(15)22-12)24-9-7-23(8-10-24)16-13(2)14(3)20-18(21-16)26-4/h5-6,11H,7-10H2,1-4H3. The van der Waals surface area contributed by atoms with Gasteiger partial charge in [-0.05, 0) is 33.1 Å². The van der Waals surface area contributed by atoms with Gasteiger partial charge in [-0.25, -0.2) is 19.5 Å². The summed E-state index contributed by atoms with van der Waals surface area (Å²) < 4.78 is 1.91. The van der Waals surface area contributed by atoms with Crippen LogP contribution in [0.3, 0.4) is 0 Å². The van der Waals surface area contributed by atoms with Crippen LogP contribution in [-0.4, -0.2) is 57.0 Å². The summed E-state index contributed by atoms with van der Waals surface area (Å²) in [6.07, 6.45) is 5.74. The zero-order chi connectivity index (χ0) is 18.3. The van der Waals surface area contributed by atoms with Crippen molar-refractivity contribution in [2.75, 3.05) is 42.2 Å². The molecule has 136 valence electrons. The maximum atomic E-state index is 4.76. The van der Waals surface area contributed by atoms with Crippen LogP contribution in [0, 0.1) is 20.8 Å². The van der Waals surface area contributed by atoms with Gasteiger partial charge in [0.15, 0.2) is 11.0 Å². The van der Waals surface area contributed by atoms with Crippen LogP contribution >= 0.6 is 11.8 Å². The van der Waals surface area contributed by atoms with E-state index in [1.807, 2.05) is 30.1 Å². The Morgan fingerprint density at radius 3 is 2.35 bits per heavy atom. The van der Waals surface area contributed by atoms with E-state index in [1.54, 1.807) is 11.8 Å². The van der Waals surface area contributed by atoms with Crippen LogP contribution in [0.15, 0.2) is 23.6 Å². The second-order valence-electron chi connectivity index (χ2n) is 6.58. The highest BCUT2D eigenvalue weighted by atomic mass is 32.2. The number of nitrogens with zero attached hydrogens (tertiary/aromatic N) is 7. The molecule has 1 fully saturated rings. The molecule has 0 unspecified atom stereocenters. The van der Waals surface area contributed by atoms with Gasteiger partial charge >= 0.3 is 0 Å². The molecule has 1 aliphatic rings. The zero-order valence-corrected chi connectivity index (χ0v) is 16.4. The quantitative estimate of drug-likeness (QED) is 0.519. The lowest BCUT2D eigenvalue weighted by atomic mass is 10.2. The number of aryl methyl sites for hydroxylation is 2. The summed E-state index contributed by atoms with van der Waals surface area (Å²) in [6, 6.07) is 2.09. The summed E-state index contributed by atoms with van der Waals surface area (Å²) in [6.45, 7) is 9.84. The van der Waals surface area contributed by atoms with Crippen molar-refractivity contribution >= 4 is 28.9 Å². The van der Waals surface area contributed by atoms with E-state index in [4.69, 9.17) is 4.98 Å². The molecule has 1 saturated heterocycles. The van der Waals surface area contributed by atoms with Crippen molar-refractivity contribution in [2.24, 2.45) is 0 Å². The molecule has 4 heterocycles. The minimum atomic E-state index is 0.840. The topological polar surface area (TPSA) is 62.5 Å². The maximum Gasteiger partial charge on any atom is 0.189 e. The molecule has 0 aromatic carbocycles. The van der Waals surface area contributed by atoms with E-state index < -0.39 is 0 Å². The Morgan fingerprint density at radius 1 is 0.962 bits per heavy atom. The molecule has 26 heavy (non-hydrogen) atoms. The summed E-state index contributed by atoms with van der Waals surface area (Å²) >= 11 is 1.59. The molecule has 3 aromatic heterocycles. The van der Waals surface area contributed by atoms with E-state index in [2.05, 4.69) is 44.8 Å². The molecule has 4 rings (SSSR count). The molecule has 0 saturated carbocycles. The van der Waals surface area contributed by atoms with Crippen molar-refractivity contribution in [1.82, 2.24) is 24.6 Å². The Kier molecular flexibility index (Phi) is 4.44. The molecule has 1 aliphatic heterocycles. The fourth-order valence-electron chi connectivity index (χ4n) is 3.39. The van der Waals surface area contributed by atoms with Crippen molar-refractivity contribution in [3.63, 3.8) is 0 Å². The van der Waals surface area contributed by atoms with Crippen LogP contribution in [0.4, 0.5) is 11.6 Å². The smallest absolute Gasteiger partial charge is 0.189 e. The average molecular weight is 369 g/mol. The van der Waals surface area contributed by atoms with Crippen LogP contribution in [0.25, 0.3) is 5.52 Å². The normalized spacial score (nSPS) is 15.1. The largest absolute Gasteiger partial charge is 0.353 e. The van der Waals surface area contributed by atoms with Crippen molar-refractivity contribution in [2.45, 2.75) is 25.9 Å². The highest BCUT2D eigenvalue weighted by Crippen LogP contribution is 2.26. The number of hydrogen-bond acceptors (Lipinski definition) is 7. The van der Waals surface area contributed by atoms with Gasteiger partial charge in [0.25, 0.3) is 0 Å². The summed E-state index contributed by atoms with van der Waals surface area (Å²) in [4.78, 5) is 18.6. The zero-order valence-electron chi connectivity index (χ0n) is 15.6. The van der Waals surface area contributed by atoms with Crippen LogP contribution in [-0.2, 0) is 0 Å². The molecule has 3 aromatic rings. The molecule has 0 amide bonds. The van der Waals surface area contributed by atoms with Gasteiger partial charge in [0.05, 0.1) is 5.69 Å². The second kappa shape index (κ2) is 6.75. The molecule has 0 aliphatic carbocycles. The number of thioether (sulfide) groups is 1. The van der Waals surface area contributed by atoms with Gasteiger partial charge in [-0.3, -0.25) is 0 Å². The van der Waals surface area contributed by atoms with Gasteiger partial charge in [0, 0.05) is 49.8 Å². The lowest BCUT2D eigenvalue weighted by Gasteiger charge is -2.37. The molecular formula is C18H23N7S. The molecular weight excluding hydrogens is 346 g/mol. The van der Waals surface area contributed by atoms with Crippen molar-refractivity contribution < 1.29 is 0 Å². The number of aromatic nitrogens is 5. The van der Waals surface area contributed by atoms with Gasteiger partial charge in [0.1, 0.15) is 11.3 Å². The third-order valence-corrected chi connectivity index (χ3v) is 5.44. The summed E-state index contributed by atoms with van der Waals surface area (Å²) in [5.41, 5.74) is 4.30. The lowest BCUT2D eigenvalue weighted by molar-refractivity contribution is 0.635. The number of anilines is 2. The number of piperazine rings is 1. The molecule has 0 N–H and O–H groups in total. The Hall–Kier alpha value is -2.35. The number of hydrogen-bond donors (Lipinski definition) is 0. The van der Waals surface area contributed by atoms with Gasteiger partial charge in [0.2, 0.25) is 0 Å². The molecule has 7 nitrogen and oxygen atoms in total. The SMILES string of the molecule is CSc1nc(C)c(C)c(N2CCN(c3nccn4nc(C)cc34)CC2)n1. The summed E-state index contributed by atoms with van der Waals surface area (Å²) in [5, 5.41) is 5.33. The third kappa shape index (κ3) is 2.98.